The number of pyridine rings is 2. The maximum atomic E-state index is 13.6. The van der Waals surface area contributed by atoms with Gasteiger partial charge < -0.3 is 0 Å². The zero-order chi connectivity index (χ0) is 34.0. The monoisotopic (exact) mass is 652 g/mol. The molecule has 0 atom stereocenters. The third kappa shape index (κ3) is 16.9. The van der Waals surface area contributed by atoms with E-state index in [4.69, 9.17) is 0 Å². The Morgan fingerprint density at radius 1 is 0.596 bits per heavy atom. The van der Waals surface area contributed by atoms with E-state index in [2.05, 4.69) is 18.8 Å². The molecule has 6 nitrogen and oxygen atoms in total. The van der Waals surface area contributed by atoms with Crippen molar-refractivity contribution in [3.05, 3.63) is 40.3 Å². The third-order valence-corrected chi connectivity index (χ3v) is 9.58. The molecule has 0 aliphatic heterocycles. The number of carbonyl (C=O) groups is 2. The molecule has 0 fully saturated rings. The molecule has 0 unspecified atom stereocenters. The lowest BCUT2D eigenvalue weighted by atomic mass is 10.0. The van der Waals surface area contributed by atoms with Crippen LogP contribution in [0, 0.1) is 6.92 Å². The van der Waals surface area contributed by atoms with E-state index >= 15 is 0 Å². The highest BCUT2D eigenvalue weighted by Crippen LogP contribution is 2.17. The quantitative estimate of drug-likeness (QED) is 0.0820. The summed E-state index contributed by atoms with van der Waals surface area (Å²) in [5.41, 5.74) is 0.507. The van der Waals surface area contributed by atoms with Crippen LogP contribution in [0.5, 0.6) is 0 Å². The van der Waals surface area contributed by atoms with E-state index in [0.29, 0.717) is 11.2 Å². The summed E-state index contributed by atoms with van der Waals surface area (Å²) < 4.78 is 1.25. The molecule has 2 amide bonds. The Morgan fingerprint density at radius 3 is 1.34 bits per heavy atom. The molecule has 0 saturated carbocycles. The summed E-state index contributed by atoms with van der Waals surface area (Å²) in [5, 5.41) is 1.88. The lowest BCUT2D eigenvalue weighted by molar-refractivity contribution is -0.129. The first-order chi connectivity index (χ1) is 23.0. The molecule has 0 aliphatic rings. The van der Waals surface area contributed by atoms with Gasteiger partial charge >= 0.3 is 0 Å². The highest BCUT2D eigenvalue weighted by Gasteiger charge is 2.26. The second kappa shape index (κ2) is 26.5. The molecule has 2 aromatic heterocycles. The standard InChI is InChI=1S/C41H69N3O3/c1-4-6-8-10-12-14-16-18-20-22-24-26-28-32-38(45)43(44-40-37(31-30-34-42-40)35-36(3)41(44)47)39(46)33-29-27-25-23-21-19-17-15-13-11-9-7-5-2/h30-31,34-35H,4-29,32-33H2,1-3H3. The molecule has 2 rings (SSSR count). The van der Waals surface area contributed by atoms with E-state index < -0.39 is 0 Å². The van der Waals surface area contributed by atoms with Gasteiger partial charge in [-0.3, -0.25) is 14.4 Å². The molecule has 47 heavy (non-hydrogen) atoms. The molecule has 0 saturated heterocycles. The summed E-state index contributed by atoms with van der Waals surface area (Å²) in [6.07, 6.45) is 34.1. The minimum absolute atomic E-state index is 0.261. The number of hydrogen-bond acceptors (Lipinski definition) is 4. The van der Waals surface area contributed by atoms with E-state index in [1.807, 2.05) is 12.1 Å². The van der Waals surface area contributed by atoms with Crippen LogP contribution in [0.2, 0.25) is 0 Å². The number of amides is 2. The van der Waals surface area contributed by atoms with E-state index in [1.54, 1.807) is 19.2 Å². The number of carbonyl (C=O) groups excluding carboxylic acids is 2. The van der Waals surface area contributed by atoms with Crippen LogP contribution in [0.4, 0.5) is 0 Å². The molecule has 2 aromatic rings. The predicted octanol–water partition coefficient (Wildman–Crippen LogP) is 11.7. The van der Waals surface area contributed by atoms with Gasteiger partial charge in [-0.15, -0.1) is 0 Å². The van der Waals surface area contributed by atoms with Crippen LogP contribution >= 0.6 is 0 Å². The van der Waals surface area contributed by atoms with Crippen LogP contribution in [0.15, 0.2) is 29.2 Å². The molecular formula is C41H69N3O3. The fourth-order valence-corrected chi connectivity index (χ4v) is 6.60. The number of nitrogens with zero attached hydrogens (tertiary/aromatic N) is 3. The van der Waals surface area contributed by atoms with Crippen LogP contribution in [0.25, 0.3) is 11.0 Å². The van der Waals surface area contributed by atoms with Crippen LogP contribution < -0.4 is 10.6 Å². The summed E-state index contributed by atoms with van der Waals surface area (Å²) in [5.74, 6) is -0.597. The first kappa shape index (κ1) is 40.7. The molecule has 266 valence electrons. The number of aryl methyl sites for hydroxylation is 1. The summed E-state index contributed by atoms with van der Waals surface area (Å²) in [4.78, 5) is 45.1. The molecule has 0 bridgehead atoms. The van der Waals surface area contributed by atoms with E-state index in [0.717, 1.165) is 48.9 Å². The second-order valence-corrected chi connectivity index (χ2v) is 13.9. The van der Waals surface area contributed by atoms with Gasteiger partial charge in [-0.05, 0) is 38.0 Å². The molecule has 6 heteroatoms. The number of imide groups is 1. The average molecular weight is 652 g/mol. The zero-order valence-corrected chi connectivity index (χ0v) is 30.7. The molecule has 0 radical (unpaired) electrons. The maximum Gasteiger partial charge on any atom is 0.274 e. The Hall–Kier alpha value is -2.50. The van der Waals surface area contributed by atoms with Gasteiger partial charge in [0.1, 0.15) is 0 Å². The molecule has 0 N–H and O–H groups in total. The van der Waals surface area contributed by atoms with Gasteiger partial charge in [-0.25, -0.2) is 4.98 Å². The van der Waals surface area contributed by atoms with Crippen molar-refractivity contribution in [3.63, 3.8) is 0 Å². The lowest BCUT2D eigenvalue weighted by Crippen LogP contribution is -2.51. The van der Waals surface area contributed by atoms with Crippen molar-refractivity contribution in [1.29, 1.82) is 0 Å². The first-order valence-corrected chi connectivity index (χ1v) is 19.8. The Labute approximate surface area is 287 Å². The van der Waals surface area contributed by atoms with Crippen molar-refractivity contribution in [2.24, 2.45) is 0 Å². The van der Waals surface area contributed by atoms with Crippen molar-refractivity contribution in [1.82, 2.24) is 9.66 Å². The molecular weight excluding hydrogens is 582 g/mol. The van der Waals surface area contributed by atoms with Gasteiger partial charge in [0.25, 0.3) is 5.56 Å². The Bertz CT molecular complexity index is 1130. The highest BCUT2D eigenvalue weighted by molar-refractivity contribution is 6.09. The fraction of sp³-hybridized carbons (Fsp3) is 0.756. The van der Waals surface area contributed by atoms with Gasteiger partial charge in [0.2, 0.25) is 11.8 Å². The molecule has 2 heterocycles. The maximum absolute atomic E-state index is 13.6. The second-order valence-electron chi connectivity index (χ2n) is 13.9. The van der Waals surface area contributed by atoms with Gasteiger partial charge in [0.05, 0.1) is 0 Å². The number of hydrogen-bond donors (Lipinski definition) is 0. The van der Waals surface area contributed by atoms with Crippen molar-refractivity contribution in [2.45, 2.75) is 201 Å². The minimum atomic E-state index is -0.353. The van der Waals surface area contributed by atoms with Crippen molar-refractivity contribution < 1.29 is 9.59 Å². The fourth-order valence-electron chi connectivity index (χ4n) is 6.60. The van der Waals surface area contributed by atoms with Crippen molar-refractivity contribution in [2.75, 3.05) is 5.01 Å². The van der Waals surface area contributed by atoms with Crippen LogP contribution in [0.1, 0.15) is 199 Å². The van der Waals surface area contributed by atoms with Crippen LogP contribution in [-0.2, 0) is 9.59 Å². The number of rotatable bonds is 29. The zero-order valence-electron chi connectivity index (χ0n) is 30.7. The van der Waals surface area contributed by atoms with Crippen molar-refractivity contribution in [3.8, 4) is 0 Å². The largest absolute Gasteiger partial charge is 0.274 e. The normalized spacial score (nSPS) is 11.4. The van der Waals surface area contributed by atoms with E-state index in [9.17, 15) is 14.4 Å². The van der Waals surface area contributed by atoms with Gasteiger partial charge in [-0.1, -0.05) is 168 Å². The van der Waals surface area contributed by atoms with Crippen LogP contribution in [-0.4, -0.2) is 21.5 Å². The number of unbranched alkanes of at least 4 members (excludes halogenated alkanes) is 24. The summed E-state index contributed by atoms with van der Waals surface area (Å²) in [6.45, 7) is 6.26. The lowest BCUT2D eigenvalue weighted by Gasteiger charge is -2.24. The summed E-state index contributed by atoms with van der Waals surface area (Å²) >= 11 is 0. The predicted molar refractivity (Wildman–Crippen MR) is 200 cm³/mol. The SMILES string of the molecule is CCCCCCCCCCCCCCCC(=O)N(C(=O)CCCCCCCCCCCCCCC)n1c(=O)c(C)cc2cccnc21. The third-order valence-electron chi connectivity index (χ3n) is 9.58. The number of fused-ring (bicyclic) bond motifs is 1. The molecule has 0 spiro atoms. The highest BCUT2D eigenvalue weighted by atomic mass is 16.2. The van der Waals surface area contributed by atoms with Gasteiger partial charge in [0.15, 0.2) is 5.65 Å². The minimum Gasteiger partial charge on any atom is -0.273 e. The Balaban J connectivity index is 1.81. The van der Waals surface area contributed by atoms with E-state index in [1.165, 1.54) is 133 Å². The first-order valence-electron chi connectivity index (χ1n) is 19.8. The van der Waals surface area contributed by atoms with Crippen LogP contribution in [0.3, 0.4) is 0 Å². The smallest absolute Gasteiger partial charge is 0.273 e. The average Bonchev–Trinajstić information content (AvgIpc) is 3.07. The summed E-state index contributed by atoms with van der Waals surface area (Å²) in [6, 6.07) is 5.47. The molecule has 0 aliphatic carbocycles. The summed E-state index contributed by atoms with van der Waals surface area (Å²) in [7, 11) is 0. The molecule has 0 aromatic carbocycles. The Morgan fingerprint density at radius 2 is 0.957 bits per heavy atom. The topological polar surface area (TPSA) is 72.3 Å². The van der Waals surface area contributed by atoms with Crippen molar-refractivity contribution >= 4 is 22.8 Å². The number of aromatic nitrogens is 2. The Kier molecular flexibility index (Phi) is 22.9. The van der Waals surface area contributed by atoms with E-state index in [-0.39, 0.29) is 30.2 Å². The van der Waals surface area contributed by atoms with Gasteiger partial charge in [-0.2, -0.15) is 9.69 Å². The van der Waals surface area contributed by atoms with Gasteiger partial charge in [0, 0.05) is 30.0 Å².